The van der Waals surface area contributed by atoms with Gasteiger partial charge in [-0.05, 0) is 31.9 Å². The number of urea groups is 1. The van der Waals surface area contributed by atoms with Gasteiger partial charge in [0.05, 0.1) is 0 Å². The Kier molecular flexibility index (Phi) is 5.89. The first kappa shape index (κ1) is 19.6. The minimum atomic E-state index is -0.579. The maximum Gasteiger partial charge on any atom is 0.325 e. The Morgan fingerprint density at radius 1 is 1.21 bits per heavy atom. The zero-order valence-electron chi connectivity index (χ0n) is 16.1. The summed E-state index contributed by atoms with van der Waals surface area (Å²) in [6, 6.07) is 4.51. The maximum atomic E-state index is 12.1. The van der Waals surface area contributed by atoms with E-state index in [1.54, 1.807) is 18.2 Å². The van der Waals surface area contributed by atoms with Gasteiger partial charge in [0.15, 0.2) is 16.7 Å². The highest BCUT2D eigenvalue weighted by molar-refractivity contribution is 7.99. The number of ether oxygens (including phenoxy) is 2. The number of thioether (sulfide) groups is 1. The first-order valence-corrected chi connectivity index (χ1v) is 10.7. The van der Waals surface area contributed by atoms with Crippen LogP contribution in [0.15, 0.2) is 23.4 Å². The van der Waals surface area contributed by atoms with Crippen molar-refractivity contribution in [2.75, 3.05) is 24.3 Å². The van der Waals surface area contributed by atoms with Crippen LogP contribution in [0.4, 0.5) is 10.5 Å². The fraction of sp³-hybridized carbons (Fsp3) is 0.474. The zero-order valence-corrected chi connectivity index (χ0v) is 17.0. The molecule has 0 radical (unpaired) electrons. The predicted octanol–water partition coefficient (Wildman–Crippen LogP) is 2.78. The van der Waals surface area contributed by atoms with Crippen molar-refractivity contribution in [1.29, 1.82) is 0 Å². The SMILES string of the molecule is CCn1c(SCCC(=O)NC(=O)Nc2ccc3c(c2)OCCO3)nnc1C1CC1. The van der Waals surface area contributed by atoms with Crippen LogP contribution in [0.3, 0.4) is 0 Å². The van der Waals surface area contributed by atoms with E-state index < -0.39 is 6.03 Å². The number of imide groups is 1. The van der Waals surface area contributed by atoms with Crippen molar-refractivity contribution in [2.45, 2.75) is 43.8 Å². The molecule has 0 saturated heterocycles. The maximum absolute atomic E-state index is 12.1. The highest BCUT2D eigenvalue weighted by atomic mass is 32.2. The zero-order chi connectivity index (χ0) is 20.2. The molecule has 0 spiro atoms. The monoisotopic (exact) mass is 417 g/mol. The molecule has 2 heterocycles. The summed E-state index contributed by atoms with van der Waals surface area (Å²) in [5.41, 5.74) is 0.526. The Labute approximate surface area is 172 Å². The van der Waals surface area contributed by atoms with Gasteiger partial charge in [0.2, 0.25) is 5.91 Å². The molecule has 1 fully saturated rings. The van der Waals surface area contributed by atoms with E-state index >= 15 is 0 Å². The Bertz CT molecular complexity index is 912. The first-order valence-electron chi connectivity index (χ1n) is 9.70. The molecular formula is C19H23N5O4S. The van der Waals surface area contributed by atoms with E-state index in [1.807, 2.05) is 0 Å². The third kappa shape index (κ3) is 4.81. The summed E-state index contributed by atoms with van der Waals surface area (Å²) < 4.78 is 13.0. The smallest absolute Gasteiger partial charge is 0.325 e. The van der Waals surface area contributed by atoms with Crippen molar-refractivity contribution in [1.82, 2.24) is 20.1 Å². The Morgan fingerprint density at radius 2 is 2.00 bits per heavy atom. The van der Waals surface area contributed by atoms with E-state index in [0.717, 1.165) is 17.5 Å². The van der Waals surface area contributed by atoms with Gasteiger partial charge in [-0.1, -0.05) is 11.8 Å². The summed E-state index contributed by atoms with van der Waals surface area (Å²) in [4.78, 5) is 24.1. The van der Waals surface area contributed by atoms with Gasteiger partial charge in [0, 0.05) is 36.4 Å². The van der Waals surface area contributed by atoms with E-state index in [2.05, 4.69) is 32.3 Å². The number of anilines is 1. The molecule has 0 unspecified atom stereocenters. The molecule has 1 aliphatic carbocycles. The second kappa shape index (κ2) is 8.73. The van der Waals surface area contributed by atoms with E-state index in [0.29, 0.717) is 42.1 Å². The molecule has 0 atom stereocenters. The van der Waals surface area contributed by atoms with Gasteiger partial charge in [-0.15, -0.1) is 10.2 Å². The highest BCUT2D eigenvalue weighted by Gasteiger charge is 2.29. The van der Waals surface area contributed by atoms with Crippen LogP contribution in [0.2, 0.25) is 0 Å². The average Bonchev–Trinajstić information content (AvgIpc) is 3.48. The fourth-order valence-electron chi connectivity index (χ4n) is 3.06. The van der Waals surface area contributed by atoms with Crippen LogP contribution in [0.1, 0.15) is 37.9 Å². The van der Waals surface area contributed by atoms with Crippen LogP contribution in [0.25, 0.3) is 0 Å². The van der Waals surface area contributed by atoms with Crippen molar-refractivity contribution in [3.05, 3.63) is 24.0 Å². The molecule has 2 N–H and O–H groups in total. The lowest BCUT2D eigenvalue weighted by Gasteiger charge is -2.19. The van der Waals surface area contributed by atoms with Crippen LogP contribution in [-0.2, 0) is 11.3 Å². The van der Waals surface area contributed by atoms with Crippen molar-refractivity contribution in [3.8, 4) is 11.5 Å². The highest BCUT2D eigenvalue weighted by Crippen LogP contribution is 2.40. The van der Waals surface area contributed by atoms with E-state index in [-0.39, 0.29) is 12.3 Å². The van der Waals surface area contributed by atoms with Crippen LogP contribution >= 0.6 is 11.8 Å². The number of hydrogen-bond acceptors (Lipinski definition) is 7. The number of benzene rings is 1. The summed E-state index contributed by atoms with van der Waals surface area (Å²) in [7, 11) is 0. The standard InChI is InChI=1S/C19H23N5O4S/c1-2-24-17(12-3-4-12)22-23-19(24)29-10-7-16(25)21-18(26)20-13-5-6-14-15(11-13)28-9-8-27-14/h5-6,11-12H,2-4,7-10H2,1H3,(H2,20,21,25,26). The molecule has 2 aliphatic rings. The van der Waals surface area contributed by atoms with Gasteiger partial charge in [-0.2, -0.15) is 0 Å². The minimum Gasteiger partial charge on any atom is -0.486 e. The molecule has 0 bridgehead atoms. The van der Waals surface area contributed by atoms with Gasteiger partial charge in [0.25, 0.3) is 0 Å². The van der Waals surface area contributed by atoms with E-state index in [4.69, 9.17) is 9.47 Å². The van der Waals surface area contributed by atoms with Crippen LogP contribution in [-0.4, -0.2) is 45.7 Å². The number of rotatable bonds is 7. The summed E-state index contributed by atoms with van der Waals surface area (Å²) in [6.45, 7) is 3.84. The van der Waals surface area contributed by atoms with Gasteiger partial charge in [-0.3, -0.25) is 10.1 Å². The number of fused-ring (bicyclic) bond motifs is 1. The second-order valence-corrected chi connectivity index (χ2v) is 7.88. The molecule has 9 nitrogen and oxygen atoms in total. The van der Waals surface area contributed by atoms with Crippen LogP contribution in [0.5, 0.6) is 11.5 Å². The van der Waals surface area contributed by atoms with Gasteiger partial charge < -0.3 is 19.4 Å². The number of carbonyl (C=O) groups excluding carboxylic acids is 2. The Morgan fingerprint density at radius 3 is 2.76 bits per heavy atom. The normalized spacial score (nSPS) is 15.1. The van der Waals surface area contributed by atoms with Gasteiger partial charge in [-0.25, -0.2) is 4.79 Å². The van der Waals surface area contributed by atoms with Crippen LogP contribution < -0.4 is 20.1 Å². The van der Waals surface area contributed by atoms with Crippen molar-refractivity contribution in [3.63, 3.8) is 0 Å². The quantitative estimate of drug-likeness (QED) is 0.667. The number of nitrogens with zero attached hydrogens (tertiary/aromatic N) is 3. The molecular weight excluding hydrogens is 394 g/mol. The van der Waals surface area contributed by atoms with Crippen molar-refractivity contribution < 1.29 is 19.1 Å². The van der Waals surface area contributed by atoms with Gasteiger partial charge >= 0.3 is 6.03 Å². The summed E-state index contributed by atoms with van der Waals surface area (Å²) in [5, 5.41) is 14.3. The van der Waals surface area contributed by atoms with Crippen molar-refractivity contribution in [2.24, 2.45) is 0 Å². The topological polar surface area (TPSA) is 107 Å². The lowest BCUT2D eigenvalue weighted by molar-refractivity contribution is -0.119. The molecule has 1 aromatic carbocycles. The van der Waals surface area contributed by atoms with E-state index in [9.17, 15) is 9.59 Å². The molecule has 154 valence electrons. The molecule has 3 amide bonds. The molecule has 10 heteroatoms. The van der Waals surface area contributed by atoms with Gasteiger partial charge in [0.1, 0.15) is 19.0 Å². The third-order valence-electron chi connectivity index (χ3n) is 4.62. The molecule has 4 rings (SSSR count). The lowest BCUT2D eigenvalue weighted by atomic mass is 10.2. The minimum absolute atomic E-state index is 0.203. The summed E-state index contributed by atoms with van der Waals surface area (Å²) in [5.74, 6) is 2.95. The molecule has 1 saturated carbocycles. The van der Waals surface area contributed by atoms with Crippen LogP contribution in [0, 0.1) is 0 Å². The molecule has 2 aromatic rings. The van der Waals surface area contributed by atoms with E-state index in [1.165, 1.54) is 24.6 Å². The second-order valence-electron chi connectivity index (χ2n) is 6.82. The third-order valence-corrected chi connectivity index (χ3v) is 5.59. The largest absolute Gasteiger partial charge is 0.486 e. The number of aromatic nitrogens is 3. The molecule has 1 aromatic heterocycles. The number of carbonyl (C=O) groups is 2. The number of amides is 3. The summed E-state index contributed by atoms with van der Waals surface area (Å²) in [6.07, 6.45) is 2.54. The number of hydrogen-bond donors (Lipinski definition) is 2. The average molecular weight is 417 g/mol. The lowest BCUT2D eigenvalue weighted by Crippen LogP contribution is -2.34. The first-order chi connectivity index (χ1) is 14.1. The summed E-state index contributed by atoms with van der Waals surface area (Å²) >= 11 is 1.48. The fourth-order valence-corrected chi connectivity index (χ4v) is 4.00. The number of nitrogens with one attached hydrogen (secondary N) is 2. The molecule has 1 aliphatic heterocycles. The molecule has 29 heavy (non-hydrogen) atoms. The Hall–Kier alpha value is -2.75. The van der Waals surface area contributed by atoms with Crippen molar-refractivity contribution >= 4 is 29.4 Å². The predicted molar refractivity (Wildman–Crippen MR) is 108 cm³/mol. The Balaban J connectivity index is 1.23.